The lowest BCUT2D eigenvalue weighted by Gasteiger charge is -2.15. The maximum Gasteiger partial charge on any atom is 0.167 e. The molecule has 3 nitrogen and oxygen atoms in total. The number of para-hydroxylation sites is 2. The van der Waals surface area contributed by atoms with E-state index in [4.69, 9.17) is 0 Å². The van der Waals surface area contributed by atoms with Gasteiger partial charge in [0.1, 0.15) is 0 Å². The predicted molar refractivity (Wildman–Crippen MR) is 77.0 cm³/mol. The average molecular weight is 272 g/mol. The number of aromatic nitrogens is 2. The first-order valence-corrected chi connectivity index (χ1v) is 6.62. The van der Waals surface area contributed by atoms with E-state index in [0.29, 0.717) is 0 Å². The van der Waals surface area contributed by atoms with Crippen molar-refractivity contribution in [1.29, 1.82) is 0 Å². The Morgan fingerprint density at radius 1 is 1.24 bits per heavy atom. The summed E-state index contributed by atoms with van der Waals surface area (Å²) < 4.78 is 0. The molecule has 0 radical (unpaired) electrons. The third-order valence-electron chi connectivity index (χ3n) is 2.65. The maximum atomic E-state index is 4.53. The highest BCUT2D eigenvalue weighted by atomic mass is 35.5. The summed E-state index contributed by atoms with van der Waals surface area (Å²) >= 11 is 1.76. The minimum absolute atomic E-state index is 0. The molecule has 1 heterocycles. The number of rotatable bonds is 5. The van der Waals surface area contributed by atoms with E-state index in [-0.39, 0.29) is 12.4 Å². The van der Waals surface area contributed by atoms with Crippen LogP contribution in [0.5, 0.6) is 0 Å². The third-order valence-corrected chi connectivity index (χ3v) is 3.61. The first-order valence-electron chi connectivity index (χ1n) is 5.63. The van der Waals surface area contributed by atoms with Crippen molar-refractivity contribution in [2.75, 3.05) is 19.0 Å². The summed E-state index contributed by atoms with van der Waals surface area (Å²) in [6.45, 7) is 6.54. The number of imidazole rings is 1. The quantitative estimate of drug-likeness (QED) is 0.668. The third kappa shape index (κ3) is 3.63. The molecule has 0 atom stereocenters. The summed E-state index contributed by atoms with van der Waals surface area (Å²) in [6.07, 6.45) is 0. The Bertz CT molecular complexity index is 421. The van der Waals surface area contributed by atoms with Gasteiger partial charge in [-0.25, -0.2) is 4.98 Å². The van der Waals surface area contributed by atoms with Crippen LogP contribution in [-0.2, 0) is 0 Å². The van der Waals surface area contributed by atoms with Crippen LogP contribution in [0.3, 0.4) is 0 Å². The van der Waals surface area contributed by atoms with Gasteiger partial charge in [-0.1, -0.05) is 37.7 Å². The molecule has 0 spiro atoms. The smallest absolute Gasteiger partial charge is 0.167 e. The Balaban J connectivity index is 0.00000144. The highest BCUT2D eigenvalue weighted by Gasteiger charge is 2.04. The predicted octanol–water partition coefficient (Wildman–Crippen LogP) is 3.38. The zero-order valence-corrected chi connectivity index (χ0v) is 11.8. The number of benzene rings is 1. The Hall–Kier alpha value is -0.710. The zero-order chi connectivity index (χ0) is 11.4. The number of hydrogen-bond acceptors (Lipinski definition) is 3. The van der Waals surface area contributed by atoms with Gasteiger partial charge in [-0.15, -0.1) is 12.4 Å². The molecule has 0 fully saturated rings. The van der Waals surface area contributed by atoms with Gasteiger partial charge in [-0.2, -0.15) is 0 Å². The van der Waals surface area contributed by atoms with Crippen LogP contribution >= 0.6 is 24.2 Å². The summed E-state index contributed by atoms with van der Waals surface area (Å²) in [5.74, 6) is 0.993. The van der Waals surface area contributed by atoms with Gasteiger partial charge >= 0.3 is 0 Å². The van der Waals surface area contributed by atoms with Crippen LogP contribution in [0.25, 0.3) is 11.0 Å². The average Bonchev–Trinajstić information content (AvgIpc) is 2.73. The van der Waals surface area contributed by atoms with Crippen molar-refractivity contribution in [3.63, 3.8) is 0 Å². The van der Waals surface area contributed by atoms with E-state index in [0.717, 1.165) is 35.2 Å². The van der Waals surface area contributed by atoms with Crippen LogP contribution in [0.2, 0.25) is 0 Å². The minimum Gasteiger partial charge on any atom is -0.333 e. The van der Waals surface area contributed by atoms with Crippen LogP contribution in [0.1, 0.15) is 13.8 Å². The van der Waals surface area contributed by atoms with Crippen molar-refractivity contribution in [3.8, 4) is 0 Å². The lowest BCUT2D eigenvalue weighted by Crippen LogP contribution is -2.21. The van der Waals surface area contributed by atoms with Crippen molar-refractivity contribution in [1.82, 2.24) is 14.9 Å². The van der Waals surface area contributed by atoms with Crippen LogP contribution in [0.4, 0.5) is 0 Å². The molecule has 1 N–H and O–H groups in total. The van der Waals surface area contributed by atoms with E-state index in [1.54, 1.807) is 11.8 Å². The van der Waals surface area contributed by atoms with Crippen LogP contribution in [0, 0.1) is 0 Å². The van der Waals surface area contributed by atoms with Crippen LogP contribution in [0.15, 0.2) is 29.4 Å². The Kier molecular flexibility index (Phi) is 5.82. The number of fused-ring (bicyclic) bond motifs is 1. The number of thioether (sulfide) groups is 1. The number of H-pyrrole nitrogens is 1. The Morgan fingerprint density at radius 2 is 1.94 bits per heavy atom. The van der Waals surface area contributed by atoms with Gasteiger partial charge in [0.25, 0.3) is 0 Å². The molecule has 0 unspecified atom stereocenters. The van der Waals surface area contributed by atoms with Gasteiger partial charge in [0.15, 0.2) is 5.16 Å². The first kappa shape index (κ1) is 14.4. The fourth-order valence-corrected chi connectivity index (χ4v) is 2.57. The standard InChI is InChI=1S/C12H17N3S.ClH/c1-3-15(4-2)9-16-12-13-10-7-5-6-8-11(10)14-12;/h5-8H,3-4,9H2,1-2H3,(H,13,14);1H. The maximum absolute atomic E-state index is 4.53. The molecule has 0 aliphatic carbocycles. The molecule has 94 valence electrons. The van der Waals surface area contributed by atoms with Gasteiger partial charge in [0.2, 0.25) is 0 Å². The molecule has 0 saturated heterocycles. The first-order chi connectivity index (χ1) is 7.83. The molecule has 0 saturated carbocycles. The van der Waals surface area contributed by atoms with E-state index < -0.39 is 0 Å². The lowest BCUT2D eigenvalue weighted by molar-refractivity contribution is 0.358. The van der Waals surface area contributed by atoms with Crippen LogP contribution < -0.4 is 0 Å². The van der Waals surface area contributed by atoms with Crippen molar-refractivity contribution in [2.24, 2.45) is 0 Å². The van der Waals surface area contributed by atoms with E-state index in [2.05, 4.69) is 34.8 Å². The fraction of sp³-hybridized carbons (Fsp3) is 0.417. The van der Waals surface area contributed by atoms with Gasteiger partial charge < -0.3 is 4.98 Å². The monoisotopic (exact) mass is 271 g/mol. The normalized spacial score (nSPS) is 10.8. The molecule has 2 aromatic rings. The second kappa shape index (κ2) is 6.89. The molecule has 2 rings (SSSR count). The van der Waals surface area contributed by atoms with Crippen molar-refractivity contribution in [2.45, 2.75) is 19.0 Å². The molecular formula is C12H18ClN3S. The molecule has 17 heavy (non-hydrogen) atoms. The number of nitrogens with zero attached hydrogens (tertiary/aromatic N) is 2. The molecule has 0 bridgehead atoms. The number of aromatic amines is 1. The van der Waals surface area contributed by atoms with E-state index in [1.165, 1.54) is 0 Å². The summed E-state index contributed by atoms with van der Waals surface area (Å²) in [4.78, 5) is 10.2. The number of hydrogen-bond donors (Lipinski definition) is 1. The summed E-state index contributed by atoms with van der Waals surface area (Å²) in [5.41, 5.74) is 2.16. The summed E-state index contributed by atoms with van der Waals surface area (Å²) in [7, 11) is 0. The number of halogens is 1. The van der Waals surface area contributed by atoms with Crippen molar-refractivity contribution in [3.05, 3.63) is 24.3 Å². The largest absolute Gasteiger partial charge is 0.333 e. The summed E-state index contributed by atoms with van der Waals surface area (Å²) in [5, 5.41) is 1.01. The van der Waals surface area contributed by atoms with Gasteiger partial charge in [0.05, 0.1) is 16.9 Å². The zero-order valence-electron chi connectivity index (χ0n) is 10.1. The number of nitrogens with one attached hydrogen (secondary N) is 1. The highest BCUT2D eigenvalue weighted by molar-refractivity contribution is 7.99. The molecule has 1 aromatic heterocycles. The van der Waals surface area contributed by atoms with Crippen molar-refractivity contribution >= 4 is 35.2 Å². The van der Waals surface area contributed by atoms with Crippen molar-refractivity contribution < 1.29 is 0 Å². The lowest BCUT2D eigenvalue weighted by atomic mass is 10.3. The van der Waals surface area contributed by atoms with Crippen LogP contribution in [-0.4, -0.2) is 33.8 Å². The van der Waals surface area contributed by atoms with E-state index >= 15 is 0 Å². The minimum atomic E-state index is 0. The van der Waals surface area contributed by atoms with Gasteiger partial charge in [-0.05, 0) is 25.2 Å². The van der Waals surface area contributed by atoms with E-state index in [9.17, 15) is 0 Å². The van der Waals surface area contributed by atoms with Gasteiger partial charge in [-0.3, -0.25) is 4.90 Å². The topological polar surface area (TPSA) is 31.9 Å². The molecule has 0 aliphatic heterocycles. The fourth-order valence-electron chi connectivity index (χ4n) is 1.56. The highest BCUT2D eigenvalue weighted by Crippen LogP contribution is 2.19. The second-order valence-electron chi connectivity index (χ2n) is 3.64. The Labute approximate surface area is 112 Å². The summed E-state index contributed by atoms with van der Waals surface area (Å²) in [6, 6.07) is 8.14. The molecule has 1 aromatic carbocycles. The molecule has 0 aliphatic rings. The second-order valence-corrected chi connectivity index (χ2v) is 4.57. The molecule has 5 heteroatoms. The van der Waals surface area contributed by atoms with Gasteiger partial charge in [0, 0.05) is 0 Å². The molecular weight excluding hydrogens is 254 g/mol. The SMILES string of the molecule is CCN(CC)CSc1nc2ccccc2[nH]1.Cl. The Morgan fingerprint density at radius 3 is 2.59 bits per heavy atom. The van der Waals surface area contributed by atoms with E-state index in [1.807, 2.05) is 18.2 Å². The molecule has 0 amide bonds.